The smallest absolute Gasteiger partial charge is 0.321 e. The third-order valence-electron chi connectivity index (χ3n) is 2.10. The van der Waals surface area contributed by atoms with E-state index in [-0.39, 0.29) is 15.7 Å². The second-order valence-electron chi connectivity index (χ2n) is 3.65. The van der Waals surface area contributed by atoms with Gasteiger partial charge in [-0.2, -0.15) is 8.42 Å². The van der Waals surface area contributed by atoms with Gasteiger partial charge in [0.25, 0.3) is 10.0 Å². The van der Waals surface area contributed by atoms with E-state index in [9.17, 15) is 21.9 Å². The van der Waals surface area contributed by atoms with Gasteiger partial charge in [-0.1, -0.05) is 11.6 Å². The van der Waals surface area contributed by atoms with Crippen LogP contribution in [0.4, 0.5) is 11.4 Å². The van der Waals surface area contributed by atoms with Crippen molar-refractivity contribution in [3.8, 4) is 5.75 Å². The van der Waals surface area contributed by atoms with Gasteiger partial charge in [0.05, 0.1) is 5.69 Å². The molecule has 0 spiro atoms. The van der Waals surface area contributed by atoms with Gasteiger partial charge in [0.2, 0.25) is 0 Å². The molecule has 2 heterocycles. The Hall–Kier alpha value is -1.05. The van der Waals surface area contributed by atoms with Crippen LogP contribution in [0.2, 0.25) is 4.34 Å². The minimum absolute atomic E-state index is 0.163. The van der Waals surface area contributed by atoms with Crippen LogP contribution >= 0.6 is 34.3 Å². The lowest BCUT2D eigenvalue weighted by Gasteiger charge is -2.08. The number of anilines is 2. The number of primary sulfonamides is 1. The minimum atomic E-state index is -4.13. The molecule has 0 unspecified atom stereocenters. The Labute approximate surface area is 133 Å². The Bertz CT molecular complexity index is 870. The monoisotopic (exact) mass is 389 g/mol. The average molecular weight is 390 g/mol. The Morgan fingerprint density at radius 2 is 1.76 bits per heavy atom. The predicted octanol–water partition coefficient (Wildman–Crippen LogP) is 1.58. The maximum atomic E-state index is 11.9. The van der Waals surface area contributed by atoms with Crippen molar-refractivity contribution in [2.45, 2.75) is 4.21 Å². The molecule has 0 bridgehead atoms. The first-order valence-corrected chi connectivity index (χ1v) is 10.1. The van der Waals surface area contributed by atoms with Crippen LogP contribution in [0.1, 0.15) is 0 Å². The number of hydrogen-bond acceptors (Lipinski definition) is 7. The number of sulfonamides is 1. The lowest BCUT2D eigenvalue weighted by molar-refractivity contribution is 0.466. The first-order valence-electron chi connectivity index (χ1n) is 4.97. The van der Waals surface area contributed by atoms with Crippen molar-refractivity contribution in [2.75, 3.05) is 9.44 Å². The van der Waals surface area contributed by atoms with Gasteiger partial charge in [-0.05, 0) is 11.4 Å². The van der Waals surface area contributed by atoms with E-state index in [4.69, 9.17) is 16.7 Å². The van der Waals surface area contributed by atoms with Crippen molar-refractivity contribution in [3.63, 3.8) is 0 Å². The second-order valence-corrected chi connectivity index (χ2v) is 9.22. The fourth-order valence-electron chi connectivity index (χ4n) is 1.29. The first kappa shape index (κ1) is 16.3. The Morgan fingerprint density at radius 3 is 2.24 bits per heavy atom. The molecule has 0 aliphatic heterocycles. The Kier molecular flexibility index (Phi) is 4.37. The highest BCUT2D eigenvalue weighted by atomic mass is 35.5. The molecular weight excluding hydrogens is 382 g/mol. The van der Waals surface area contributed by atoms with Gasteiger partial charge in [-0.25, -0.2) is 13.6 Å². The molecule has 2 rings (SSSR count). The zero-order valence-corrected chi connectivity index (χ0v) is 13.9. The van der Waals surface area contributed by atoms with Crippen molar-refractivity contribution < 1.29 is 21.9 Å². The molecule has 2 aromatic heterocycles. The molecule has 8 nitrogen and oxygen atoms in total. The normalized spacial score (nSPS) is 12.3. The summed E-state index contributed by atoms with van der Waals surface area (Å²) in [6.45, 7) is 0. The molecule has 13 heteroatoms. The highest BCUT2D eigenvalue weighted by Gasteiger charge is 2.23. The summed E-state index contributed by atoms with van der Waals surface area (Å²) in [6, 6.07) is 1.45. The van der Waals surface area contributed by atoms with Crippen LogP contribution in [-0.4, -0.2) is 21.9 Å². The molecule has 116 valence electrons. The van der Waals surface area contributed by atoms with Gasteiger partial charge in [-0.3, -0.25) is 9.44 Å². The van der Waals surface area contributed by atoms with Crippen molar-refractivity contribution in [2.24, 2.45) is 5.14 Å². The number of nitrogens with one attached hydrogen (secondary N) is 2. The van der Waals surface area contributed by atoms with Gasteiger partial charge < -0.3 is 5.11 Å². The zero-order chi connectivity index (χ0) is 15.8. The van der Waals surface area contributed by atoms with Crippen molar-refractivity contribution >= 4 is 65.9 Å². The third kappa shape index (κ3) is 3.78. The number of aromatic hydroxyl groups is 1. The van der Waals surface area contributed by atoms with Crippen LogP contribution in [0.3, 0.4) is 0 Å². The molecule has 0 aliphatic rings. The quantitative estimate of drug-likeness (QED) is 0.614. The van der Waals surface area contributed by atoms with Crippen molar-refractivity contribution in [1.82, 2.24) is 0 Å². The molecule has 21 heavy (non-hydrogen) atoms. The summed E-state index contributed by atoms with van der Waals surface area (Å²) in [5.74, 6) is -0.760. The minimum Gasteiger partial charge on any atom is -0.504 e. The van der Waals surface area contributed by atoms with Crippen LogP contribution < -0.4 is 14.6 Å². The molecule has 0 saturated carbocycles. The summed E-state index contributed by atoms with van der Waals surface area (Å²) in [4.78, 5) is 0. The number of rotatable bonds is 5. The van der Waals surface area contributed by atoms with Crippen molar-refractivity contribution in [1.29, 1.82) is 0 Å². The van der Waals surface area contributed by atoms with E-state index in [2.05, 4.69) is 4.72 Å². The van der Waals surface area contributed by atoms with E-state index >= 15 is 0 Å². The third-order valence-corrected chi connectivity index (χ3v) is 6.70. The number of thiophene rings is 2. The largest absolute Gasteiger partial charge is 0.504 e. The van der Waals surface area contributed by atoms with Gasteiger partial charge in [-0.15, -0.1) is 22.7 Å². The molecule has 5 N–H and O–H groups in total. The van der Waals surface area contributed by atoms with Gasteiger partial charge in [0, 0.05) is 5.38 Å². The standard InChI is InChI=1S/C8H8ClN3O5S4/c9-7-4(1-2-18-7)11-21(16,17)12-5-3-19-8(6(5)13)20(10,14)15/h1-3,11-13H,(H2,10,14,15). The molecule has 0 aliphatic carbocycles. The zero-order valence-electron chi connectivity index (χ0n) is 9.90. The topological polar surface area (TPSA) is 139 Å². The van der Waals surface area contributed by atoms with E-state index in [0.29, 0.717) is 11.3 Å². The molecule has 0 saturated heterocycles. The SMILES string of the molecule is NS(=O)(=O)c1scc(NS(=O)(=O)Nc2ccsc2Cl)c1O. The van der Waals surface area contributed by atoms with Crippen LogP contribution in [0.5, 0.6) is 5.75 Å². The number of nitrogens with two attached hydrogens (primary N) is 1. The van der Waals surface area contributed by atoms with E-state index in [1.54, 1.807) is 5.38 Å². The highest BCUT2D eigenvalue weighted by molar-refractivity contribution is 7.94. The van der Waals surface area contributed by atoms with Crippen LogP contribution in [0.15, 0.2) is 21.0 Å². The van der Waals surface area contributed by atoms with Gasteiger partial charge in [0.15, 0.2) is 9.96 Å². The summed E-state index contributed by atoms with van der Waals surface area (Å²) in [5.41, 5.74) is -0.140. The van der Waals surface area contributed by atoms with Gasteiger partial charge in [0.1, 0.15) is 10.0 Å². The Balaban J connectivity index is 2.26. The molecule has 0 amide bonds. The molecule has 0 aromatic carbocycles. The van der Waals surface area contributed by atoms with Crippen LogP contribution in [0.25, 0.3) is 0 Å². The summed E-state index contributed by atoms with van der Waals surface area (Å²) in [6.07, 6.45) is 0. The highest BCUT2D eigenvalue weighted by Crippen LogP contribution is 2.37. The predicted molar refractivity (Wildman–Crippen MR) is 82.9 cm³/mol. The molecule has 0 radical (unpaired) electrons. The summed E-state index contributed by atoms with van der Waals surface area (Å²) in [5, 5.41) is 17.3. The number of halogens is 1. The first-order chi connectivity index (χ1) is 9.60. The van der Waals surface area contributed by atoms with E-state index in [1.165, 1.54) is 6.07 Å². The lowest BCUT2D eigenvalue weighted by atomic mass is 10.5. The second kappa shape index (κ2) is 5.62. The maximum Gasteiger partial charge on any atom is 0.321 e. The molecular formula is C8H8ClN3O5S4. The van der Waals surface area contributed by atoms with Crippen LogP contribution in [-0.2, 0) is 20.2 Å². The molecule has 2 aromatic rings. The summed E-state index contributed by atoms with van der Waals surface area (Å²) >= 11 is 7.49. The molecule has 0 atom stereocenters. The lowest BCUT2D eigenvalue weighted by Crippen LogP contribution is -2.21. The number of hydrogen-bond donors (Lipinski definition) is 4. The van der Waals surface area contributed by atoms with Gasteiger partial charge >= 0.3 is 10.2 Å². The van der Waals surface area contributed by atoms with Crippen molar-refractivity contribution in [3.05, 3.63) is 21.2 Å². The fourth-order valence-corrected chi connectivity index (χ4v) is 4.95. The average Bonchev–Trinajstić information content (AvgIpc) is 2.86. The Morgan fingerprint density at radius 1 is 1.14 bits per heavy atom. The summed E-state index contributed by atoms with van der Waals surface area (Å²) < 4.78 is 49.9. The van der Waals surface area contributed by atoms with E-state index in [1.807, 2.05) is 4.72 Å². The van der Waals surface area contributed by atoms with E-state index < -0.39 is 30.2 Å². The van der Waals surface area contributed by atoms with E-state index in [0.717, 1.165) is 16.7 Å². The maximum absolute atomic E-state index is 11.9. The van der Waals surface area contributed by atoms with Crippen LogP contribution in [0, 0.1) is 0 Å². The fraction of sp³-hybridized carbons (Fsp3) is 0. The molecule has 0 fully saturated rings. The summed E-state index contributed by atoms with van der Waals surface area (Å²) in [7, 11) is -8.23.